The second kappa shape index (κ2) is 3.30. The maximum Gasteiger partial charge on any atom is 0.151 e. The molecule has 1 heterocycles. The zero-order valence-electron chi connectivity index (χ0n) is 7.00. The molecule has 0 aliphatic carbocycles. The van der Waals surface area contributed by atoms with Crippen LogP contribution in [0.2, 0.25) is 5.15 Å². The van der Waals surface area contributed by atoms with Crippen molar-refractivity contribution in [2.75, 3.05) is 0 Å². The molecule has 2 rings (SSSR count). The molecule has 65 valence electrons. The summed E-state index contributed by atoms with van der Waals surface area (Å²) < 4.78 is 0. The van der Waals surface area contributed by atoms with Crippen molar-refractivity contribution in [3.8, 4) is 0 Å². The predicted molar refractivity (Wildman–Crippen MR) is 53.6 cm³/mol. The molecule has 0 saturated carbocycles. The summed E-state index contributed by atoms with van der Waals surface area (Å²) in [7, 11) is 0. The molecule has 0 unspecified atom stereocenters. The molecule has 1 aromatic heterocycles. The molecule has 0 aliphatic heterocycles. The molecule has 13 heavy (non-hydrogen) atoms. The van der Waals surface area contributed by atoms with E-state index in [1.165, 1.54) is 0 Å². The van der Waals surface area contributed by atoms with Crippen LogP contribution >= 0.6 is 11.6 Å². The molecule has 0 atom stereocenters. The lowest BCUT2D eigenvalue weighted by atomic mass is 10.3. The first-order valence-electron chi connectivity index (χ1n) is 4.01. The number of fused-ring (bicyclic) bond motifs is 1. The van der Waals surface area contributed by atoms with E-state index in [9.17, 15) is 0 Å². The fraction of sp³-hybridized carbons (Fsp3) is 0.100. The topological polar surface area (TPSA) is 25.8 Å². The SMILES string of the molecule is [CH2]Cc1nc2ccccc2nc1Cl. The Hall–Kier alpha value is -1.15. The number of nitrogens with zero attached hydrogens (tertiary/aromatic N) is 2. The summed E-state index contributed by atoms with van der Waals surface area (Å²) in [5.41, 5.74) is 2.44. The van der Waals surface area contributed by atoms with Crippen molar-refractivity contribution in [3.63, 3.8) is 0 Å². The summed E-state index contributed by atoms with van der Waals surface area (Å²) >= 11 is 5.89. The number of para-hydroxylation sites is 2. The summed E-state index contributed by atoms with van der Waals surface area (Å²) in [4.78, 5) is 8.55. The van der Waals surface area contributed by atoms with Gasteiger partial charge < -0.3 is 0 Å². The van der Waals surface area contributed by atoms with Gasteiger partial charge in [0, 0.05) is 0 Å². The van der Waals surface area contributed by atoms with Crippen LogP contribution in [-0.4, -0.2) is 9.97 Å². The Morgan fingerprint density at radius 2 is 1.77 bits per heavy atom. The van der Waals surface area contributed by atoms with Gasteiger partial charge in [-0.1, -0.05) is 23.7 Å². The smallest absolute Gasteiger partial charge is 0.151 e. The van der Waals surface area contributed by atoms with Gasteiger partial charge in [0.2, 0.25) is 0 Å². The van der Waals surface area contributed by atoms with Crippen molar-refractivity contribution in [3.05, 3.63) is 42.0 Å². The molecule has 0 N–H and O–H groups in total. The molecule has 0 fully saturated rings. The quantitative estimate of drug-likeness (QED) is 0.693. The van der Waals surface area contributed by atoms with Crippen molar-refractivity contribution in [2.45, 2.75) is 6.42 Å². The molecule has 3 heteroatoms. The van der Waals surface area contributed by atoms with Gasteiger partial charge in [0.15, 0.2) is 5.15 Å². The van der Waals surface area contributed by atoms with Crippen LogP contribution in [0.5, 0.6) is 0 Å². The highest BCUT2D eigenvalue weighted by Crippen LogP contribution is 2.16. The number of benzene rings is 1. The zero-order valence-corrected chi connectivity index (χ0v) is 7.75. The molecule has 0 aliphatic rings. The van der Waals surface area contributed by atoms with E-state index in [1.807, 2.05) is 24.3 Å². The minimum Gasteiger partial charge on any atom is -0.248 e. The van der Waals surface area contributed by atoms with Gasteiger partial charge in [-0.3, -0.25) is 0 Å². The van der Waals surface area contributed by atoms with E-state index in [1.54, 1.807) is 0 Å². The highest BCUT2D eigenvalue weighted by Gasteiger charge is 2.03. The summed E-state index contributed by atoms with van der Waals surface area (Å²) in [6, 6.07) is 7.65. The Morgan fingerprint density at radius 3 is 2.38 bits per heavy atom. The average Bonchev–Trinajstić information content (AvgIpc) is 2.17. The summed E-state index contributed by atoms with van der Waals surface area (Å²) in [6.45, 7) is 3.74. The van der Waals surface area contributed by atoms with Gasteiger partial charge in [0.1, 0.15) is 0 Å². The number of halogens is 1. The van der Waals surface area contributed by atoms with Crippen LogP contribution < -0.4 is 0 Å². The van der Waals surface area contributed by atoms with Crippen molar-refractivity contribution in [2.24, 2.45) is 0 Å². The lowest BCUT2D eigenvalue weighted by molar-refractivity contribution is 1.10. The lowest BCUT2D eigenvalue weighted by Gasteiger charge is -2.01. The standard InChI is InChI=1S/C10H8ClN2/c1-2-7-10(11)13-9-6-4-3-5-8(9)12-7/h3-6H,1-2H2. The minimum atomic E-state index is 0.453. The molecule has 2 aromatic rings. The Morgan fingerprint density at radius 1 is 1.15 bits per heavy atom. The summed E-state index contributed by atoms with van der Waals surface area (Å²) in [5, 5.41) is 0.453. The third-order valence-corrected chi connectivity index (χ3v) is 2.13. The Kier molecular flexibility index (Phi) is 2.15. The molecule has 0 amide bonds. The van der Waals surface area contributed by atoms with E-state index in [0.29, 0.717) is 11.6 Å². The van der Waals surface area contributed by atoms with Gasteiger partial charge in [-0.05, 0) is 25.5 Å². The van der Waals surface area contributed by atoms with Gasteiger partial charge in [-0.25, -0.2) is 9.97 Å². The highest BCUT2D eigenvalue weighted by molar-refractivity contribution is 6.30. The molecular weight excluding hydrogens is 184 g/mol. The van der Waals surface area contributed by atoms with Crippen LogP contribution in [0.4, 0.5) is 0 Å². The number of aromatic nitrogens is 2. The normalized spacial score (nSPS) is 10.6. The summed E-state index contributed by atoms with van der Waals surface area (Å²) in [5.74, 6) is 0. The number of hydrogen-bond acceptors (Lipinski definition) is 2. The van der Waals surface area contributed by atoms with Gasteiger partial charge in [-0.2, -0.15) is 0 Å². The summed E-state index contributed by atoms with van der Waals surface area (Å²) in [6.07, 6.45) is 0.566. The van der Waals surface area contributed by atoms with Gasteiger partial charge in [0.05, 0.1) is 16.7 Å². The largest absolute Gasteiger partial charge is 0.248 e. The first-order valence-corrected chi connectivity index (χ1v) is 4.39. The van der Waals surface area contributed by atoms with Crippen molar-refractivity contribution < 1.29 is 0 Å². The van der Waals surface area contributed by atoms with Gasteiger partial charge in [0.25, 0.3) is 0 Å². The van der Waals surface area contributed by atoms with Crippen LogP contribution in [-0.2, 0) is 6.42 Å². The lowest BCUT2D eigenvalue weighted by Crippen LogP contribution is -1.93. The Balaban J connectivity index is 2.74. The van der Waals surface area contributed by atoms with Crippen molar-refractivity contribution >= 4 is 22.6 Å². The first kappa shape index (κ1) is 8.45. The molecule has 0 spiro atoms. The number of hydrogen-bond donors (Lipinski definition) is 0. The second-order valence-electron chi connectivity index (χ2n) is 2.70. The van der Waals surface area contributed by atoms with Gasteiger partial charge >= 0.3 is 0 Å². The molecule has 1 aromatic carbocycles. The maximum atomic E-state index is 5.89. The van der Waals surface area contributed by atoms with Crippen LogP contribution in [0, 0.1) is 6.92 Å². The van der Waals surface area contributed by atoms with E-state index in [0.717, 1.165) is 16.7 Å². The predicted octanol–water partition coefficient (Wildman–Crippen LogP) is 2.66. The van der Waals surface area contributed by atoms with Crippen LogP contribution in [0.15, 0.2) is 24.3 Å². The fourth-order valence-electron chi connectivity index (χ4n) is 1.17. The molecular formula is C10H8ClN2. The monoisotopic (exact) mass is 191 g/mol. The average molecular weight is 192 g/mol. The Labute approximate surface area is 81.6 Å². The molecule has 0 saturated heterocycles. The van der Waals surface area contributed by atoms with Crippen LogP contribution in [0.25, 0.3) is 11.0 Å². The molecule has 1 radical (unpaired) electrons. The van der Waals surface area contributed by atoms with Crippen molar-refractivity contribution in [1.82, 2.24) is 9.97 Å². The van der Waals surface area contributed by atoms with E-state index in [2.05, 4.69) is 16.9 Å². The van der Waals surface area contributed by atoms with E-state index < -0.39 is 0 Å². The Bertz CT molecular complexity index is 440. The van der Waals surface area contributed by atoms with Crippen molar-refractivity contribution in [1.29, 1.82) is 0 Å². The zero-order chi connectivity index (χ0) is 9.26. The second-order valence-corrected chi connectivity index (χ2v) is 3.06. The van der Waals surface area contributed by atoms with Crippen LogP contribution in [0.1, 0.15) is 5.69 Å². The highest BCUT2D eigenvalue weighted by atomic mass is 35.5. The van der Waals surface area contributed by atoms with E-state index >= 15 is 0 Å². The molecule has 0 bridgehead atoms. The van der Waals surface area contributed by atoms with Gasteiger partial charge in [-0.15, -0.1) is 0 Å². The molecule has 2 nitrogen and oxygen atoms in total. The third kappa shape index (κ3) is 1.49. The number of rotatable bonds is 1. The van der Waals surface area contributed by atoms with Crippen LogP contribution in [0.3, 0.4) is 0 Å². The maximum absolute atomic E-state index is 5.89. The fourth-order valence-corrected chi connectivity index (χ4v) is 1.40. The minimum absolute atomic E-state index is 0.453. The van der Waals surface area contributed by atoms with E-state index in [-0.39, 0.29) is 0 Å². The third-order valence-electron chi connectivity index (χ3n) is 1.83. The first-order chi connectivity index (χ1) is 6.31. The van der Waals surface area contributed by atoms with E-state index in [4.69, 9.17) is 11.6 Å².